The number of guanidine groups is 2. The summed E-state index contributed by atoms with van der Waals surface area (Å²) in [5.41, 5.74) is 15.8. The van der Waals surface area contributed by atoms with E-state index in [1.807, 2.05) is 13.8 Å². The fraction of sp³-hybridized carbons (Fsp3) is 0.833. The summed E-state index contributed by atoms with van der Waals surface area (Å²) in [6, 6.07) is 0. The van der Waals surface area contributed by atoms with Crippen LogP contribution in [0.2, 0.25) is 0 Å². The molecule has 0 amide bonds. The van der Waals surface area contributed by atoms with Gasteiger partial charge in [0.15, 0.2) is 11.9 Å². The third-order valence-corrected chi connectivity index (χ3v) is 2.48. The molecule has 0 aromatic rings. The van der Waals surface area contributed by atoms with Crippen molar-refractivity contribution in [2.24, 2.45) is 22.2 Å². The number of hydrogen-bond acceptors (Lipinski definition) is 4. The summed E-state index contributed by atoms with van der Waals surface area (Å²) in [6.45, 7) is 7.63. The van der Waals surface area contributed by atoms with Crippen molar-refractivity contribution in [3.63, 3.8) is 0 Å². The van der Waals surface area contributed by atoms with Gasteiger partial charge in [0.05, 0.1) is 12.8 Å². The van der Waals surface area contributed by atoms with Gasteiger partial charge in [-0.2, -0.15) is 0 Å². The minimum absolute atomic E-state index is 0.00254. The number of aliphatic imine (C=N–C) groups is 1. The minimum atomic E-state index is 0.00254. The van der Waals surface area contributed by atoms with E-state index < -0.39 is 0 Å². The first kappa shape index (κ1) is 18.5. The Labute approximate surface area is 121 Å². The Hall–Kier alpha value is -1.54. The highest BCUT2D eigenvalue weighted by atomic mass is 16.5. The van der Waals surface area contributed by atoms with E-state index in [-0.39, 0.29) is 18.0 Å². The van der Waals surface area contributed by atoms with Crippen LogP contribution >= 0.6 is 0 Å². The van der Waals surface area contributed by atoms with Crippen molar-refractivity contribution in [3.8, 4) is 0 Å². The number of rotatable bonds is 11. The number of hydrogen-bond donors (Lipinski definition) is 5. The fourth-order valence-electron chi connectivity index (χ4n) is 1.52. The number of nitrogens with one attached hydrogen (secondary N) is 2. The number of ether oxygens (including phenoxy) is 1. The van der Waals surface area contributed by atoms with Crippen LogP contribution < -0.4 is 22.5 Å². The predicted molar refractivity (Wildman–Crippen MR) is 82.5 cm³/mol. The molecule has 0 radical (unpaired) electrons. The molecule has 8 nitrogen and oxygen atoms in total. The van der Waals surface area contributed by atoms with Gasteiger partial charge in [-0.05, 0) is 26.7 Å². The summed E-state index contributed by atoms with van der Waals surface area (Å²) in [6.07, 6.45) is 1.97. The van der Waals surface area contributed by atoms with Gasteiger partial charge < -0.3 is 27.3 Å². The lowest BCUT2D eigenvalue weighted by molar-refractivity contribution is -0.00702. The Balaban J connectivity index is 3.93. The molecule has 0 aromatic carbocycles. The highest BCUT2D eigenvalue weighted by molar-refractivity contribution is 5.75. The van der Waals surface area contributed by atoms with Crippen molar-refractivity contribution in [1.82, 2.24) is 10.2 Å². The molecule has 0 aliphatic carbocycles. The smallest absolute Gasteiger partial charge is 0.185 e. The van der Waals surface area contributed by atoms with Gasteiger partial charge in [0.25, 0.3) is 0 Å². The van der Waals surface area contributed by atoms with Gasteiger partial charge in [0, 0.05) is 26.2 Å². The summed E-state index contributed by atoms with van der Waals surface area (Å²) < 4.78 is 5.61. The van der Waals surface area contributed by atoms with Gasteiger partial charge >= 0.3 is 0 Å². The molecule has 0 atom stereocenters. The summed E-state index contributed by atoms with van der Waals surface area (Å²) in [5, 5.41) is 9.87. The molecule has 0 rings (SSSR count). The van der Waals surface area contributed by atoms with Crippen molar-refractivity contribution in [2.75, 3.05) is 32.9 Å². The summed E-state index contributed by atoms with van der Waals surface area (Å²) in [5.74, 6) is 0.128. The molecule has 0 saturated carbocycles. The zero-order chi connectivity index (χ0) is 15.4. The third kappa shape index (κ3) is 12.9. The summed E-state index contributed by atoms with van der Waals surface area (Å²) in [7, 11) is 0. The molecule has 0 spiro atoms. The van der Waals surface area contributed by atoms with Crippen molar-refractivity contribution >= 4 is 11.9 Å². The molecule has 0 aromatic heterocycles. The van der Waals surface area contributed by atoms with Crippen LogP contribution in [-0.4, -0.2) is 55.8 Å². The van der Waals surface area contributed by atoms with Crippen molar-refractivity contribution in [3.05, 3.63) is 0 Å². The molecular weight excluding hydrogens is 258 g/mol. The maximum atomic E-state index is 7.08. The first-order valence-electron chi connectivity index (χ1n) is 6.89. The normalized spacial score (nSPS) is 10.8. The second kappa shape index (κ2) is 11.3. The Bertz CT molecular complexity index is 290. The predicted octanol–water partition coefficient (Wildman–Crippen LogP) is -0.792. The molecule has 0 aliphatic heterocycles. The number of nitrogens with two attached hydrogens (primary N) is 3. The molecule has 0 aliphatic rings. The third-order valence-electron chi connectivity index (χ3n) is 2.48. The van der Waals surface area contributed by atoms with Crippen LogP contribution in [0.25, 0.3) is 0 Å². The first-order chi connectivity index (χ1) is 9.41. The molecule has 0 unspecified atom stereocenters. The van der Waals surface area contributed by atoms with Gasteiger partial charge in [-0.1, -0.05) is 0 Å². The highest BCUT2D eigenvalue weighted by Gasteiger charge is 2.06. The molecule has 0 saturated heterocycles. The van der Waals surface area contributed by atoms with Crippen molar-refractivity contribution < 1.29 is 4.74 Å². The van der Waals surface area contributed by atoms with E-state index in [1.165, 1.54) is 0 Å². The summed E-state index contributed by atoms with van der Waals surface area (Å²) in [4.78, 5) is 6.16. The molecule has 8 heteroatoms. The van der Waals surface area contributed by atoms with Crippen molar-refractivity contribution in [2.45, 2.75) is 32.8 Å². The standard InChI is InChI=1S/C12H29N7O/c1-10(2)20-9-19(7-3-5-17-11(13)14)8-4-6-18-12(15)16/h10H,3-9H2,1-2H3,(H4,13,14,17)(H4,15,16,18). The maximum absolute atomic E-state index is 7.08. The van der Waals surface area contributed by atoms with E-state index in [1.54, 1.807) is 0 Å². The SMILES string of the molecule is CC(C)OCN(CCCN=C(N)N)CCCNC(=N)N. The van der Waals surface area contributed by atoms with Gasteiger partial charge in [-0.3, -0.25) is 15.3 Å². The topological polar surface area (TPSA) is 139 Å². The Morgan fingerprint density at radius 1 is 1.25 bits per heavy atom. The van der Waals surface area contributed by atoms with Gasteiger partial charge in [-0.25, -0.2) is 0 Å². The zero-order valence-corrected chi connectivity index (χ0v) is 12.6. The fourth-order valence-corrected chi connectivity index (χ4v) is 1.52. The van der Waals surface area contributed by atoms with E-state index >= 15 is 0 Å². The lowest BCUT2D eigenvalue weighted by Gasteiger charge is -2.23. The van der Waals surface area contributed by atoms with E-state index in [0.29, 0.717) is 19.8 Å². The molecule has 20 heavy (non-hydrogen) atoms. The first-order valence-corrected chi connectivity index (χ1v) is 6.89. The lowest BCUT2D eigenvalue weighted by atomic mass is 10.3. The zero-order valence-electron chi connectivity index (χ0n) is 12.6. The second-order valence-corrected chi connectivity index (χ2v) is 4.82. The molecule has 8 N–H and O–H groups in total. The summed E-state index contributed by atoms with van der Waals surface area (Å²) >= 11 is 0. The second-order valence-electron chi connectivity index (χ2n) is 4.82. The van der Waals surface area contributed by atoms with Crippen LogP contribution in [-0.2, 0) is 4.74 Å². The number of nitrogens with zero attached hydrogens (tertiary/aromatic N) is 2. The molecule has 0 fully saturated rings. The average molecular weight is 287 g/mol. The average Bonchev–Trinajstić information content (AvgIpc) is 2.34. The van der Waals surface area contributed by atoms with Crippen LogP contribution in [0.15, 0.2) is 4.99 Å². The van der Waals surface area contributed by atoms with Gasteiger partial charge in [-0.15, -0.1) is 0 Å². The molecule has 118 valence electrons. The molecule has 0 heterocycles. The molecule has 0 bridgehead atoms. The Morgan fingerprint density at radius 2 is 1.90 bits per heavy atom. The quantitative estimate of drug-likeness (QED) is 0.146. The highest BCUT2D eigenvalue weighted by Crippen LogP contribution is 1.98. The van der Waals surface area contributed by atoms with Crippen LogP contribution in [0, 0.1) is 5.41 Å². The van der Waals surface area contributed by atoms with Crippen molar-refractivity contribution in [1.29, 1.82) is 5.41 Å². The van der Waals surface area contributed by atoms with E-state index in [4.69, 9.17) is 27.3 Å². The van der Waals surface area contributed by atoms with Crippen LogP contribution in [0.4, 0.5) is 0 Å². The Morgan fingerprint density at radius 3 is 2.45 bits per heavy atom. The van der Waals surface area contributed by atoms with Crippen LogP contribution in [0.5, 0.6) is 0 Å². The van der Waals surface area contributed by atoms with Crippen LogP contribution in [0.1, 0.15) is 26.7 Å². The lowest BCUT2D eigenvalue weighted by Crippen LogP contribution is -2.35. The van der Waals surface area contributed by atoms with Crippen LogP contribution in [0.3, 0.4) is 0 Å². The minimum Gasteiger partial charge on any atom is -0.370 e. The van der Waals surface area contributed by atoms with Gasteiger partial charge in [0.1, 0.15) is 0 Å². The van der Waals surface area contributed by atoms with E-state index in [2.05, 4.69) is 15.2 Å². The van der Waals surface area contributed by atoms with E-state index in [9.17, 15) is 0 Å². The largest absolute Gasteiger partial charge is 0.370 e. The molecular formula is C12H29N7O. The van der Waals surface area contributed by atoms with Gasteiger partial charge in [0.2, 0.25) is 0 Å². The maximum Gasteiger partial charge on any atom is 0.185 e. The Kier molecular flexibility index (Phi) is 10.4. The monoisotopic (exact) mass is 287 g/mol. The van der Waals surface area contributed by atoms with E-state index in [0.717, 1.165) is 25.9 Å².